The van der Waals surface area contributed by atoms with E-state index in [9.17, 15) is 4.79 Å². The van der Waals surface area contributed by atoms with Gasteiger partial charge < -0.3 is 14.6 Å². The lowest BCUT2D eigenvalue weighted by molar-refractivity contribution is -0.115. The van der Waals surface area contributed by atoms with E-state index in [0.29, 0.717) is 13.0 Å². The first kappa shape index (κ1) is 19.2. The van der Waals surface area contributed by atoms with Gasteiger partial charge in [-0.2, -0.15) is 0 Å². The Kier molecular flexibility index (Phi) is 5.65. The highest BCUT2D eigenvalue weighted by Crippen LogP contribution is 2.28. The smallest absolute Gasteiger partial charge is 0.228 e. The summed E-state index contributed by atoms with van der Waals surface area (Å²) >= 11 is 0. The minimum absolute atomic E-state index is 0.00774. The molecule has 29 heavy (non-hydrogen) atoms. The van der Waals surface area contributed by atoms with Crippen LogP contribution in [0.15, 0.2) is 47.0 Å². The molecule has 0 radical (unpaired) electrons. The van der Waals surface area contributed by atoms with Gasteiger partial charge in [0.05, 0.1) is 17.7 Å². The minimum atomic E-state index is 0.00774. The van der Waals surface area contributed by atoms with Crippen molar-refractivity contribution in [2.45, 2.75) is 52.6 Å². The van der Waals surface area contributed by atoms with Crippen molar-refractivity contribution in [1.29, 1.82) is 0 Å². The molecular formula is C24H26N2O3. The number of nitrogens with zero attached hydrogens (tertiary/aromatic N) is 1. The summed E-state index contributed by atoms with van der Waals surface area (Å²) in [5.41, 5.74) is 6.41. The van der Waals surface area contributed by atoms with Crippen molar-refractivity contribution in [3.8, 4) is 5.75 Å². The number of rotatable bonds is 6. The zero-order chi connectivity index (χ0) is 20.2. The summed E-state index contributed by atoms with van der Waals surface area (Å²) in [5, 5.41) is 7.04. The van der Waals surface area contributed by atoms with Crippen LogP contribution in [0.25, 0.3) is 0 Å². The Bertz CT molecular complexity index is 986. The number of benzene rings is 2. The van der Waals surface area contributed by atoms with Gasteiger partial charge in [-0.1, -0.05) is 29.4 Å². The second-order valence-electron chi connectivity index (χ2n) is 7.61. The van der Waals surface area contributed by atoms with Gasteiger partial charge in [-0.15, -0.1) is 0 Å². The number of amides is 1. The molecule has 1 aliphatic rings. The van der Waals surface area contributed by atoms with Gasteiger partial charge in [0.15, 0.2) is 0 Å². The van der Waals surface area contributed by atoms with Crippen molar-refractivity contribution in [2.75, 3.05) is 5.32 Å². The maximum absolute atomic E-state index is 12.5. The number of aromatic nitrogens is 1. The molecule has 0 spiro atoms. The van der Waals surface area contributed by atoms with Gasteiger partial charge in [-0.3, -0.25) is 4.79 Å². The summed E-state index contributed by atoms with van der Waals surface area (Å²) in [6.45, 7) is 4.20. The highest BCUT2D eigenvalue weighted by atomic mass is 16.5. The lowest BCUT2D eigenvalue weighted by Crippen LogP contribution is -2.17. The SMILES string of the molecule is Cc1noc(C)c1COc1ccc(CC(=O)Nc2cccc3c2CCCC3)cc1. The van der Waals surface area contributed by atoms with E-state index >= 15 is 0 Å². The fraction of sp³-hybridized carbons (Fsp3) is 0.333. The maximum atomic E-state index is 12.5. The van der Waals surface area contributed by atoms with Crippen LogP contribution in [-0.4, -0.2) is 11.1 Å². The molecule has 0 saturated carbocycles. The Labute approximate surface area is 171 Å². The van der Waals surface area contributed by atoms with Gasteiger partial charge >= 0.3 is 0 Å². The van der Waals surface area contributed by atoms with Crippen molar-refractivity contribution in [2.24, 2.45) is 0 Å². The fourth-order valence-electron chi connectivity index (χ4n) is 3.85. The van der Waals surface area contributed by atoms with Crippen molar-refractivity contribution >= 4 is 11.6 Å². The minimum Gasteiger partial charge on any atom is -0.489 e. The third-order valence-corrected chi connectivity index (χ3v) is 5.52. The van der Waals surface area contributed by atoms with Gasteiger partial charge in [-0.05, 0) is 74.4 Å². The van der Waals surface area contributed by atoms with Crippen molar-refractivity contribution in [1.82, 2.24) is 5.16 Å². The number of carbonyl (C=O) groups is 1. The van der Waals surface area contributed by atoms with Gasteiger partial charge in [0.25, 0.3) is 0 Å². The number of hydrogen-bond donors (Lipinski definition) is 1. The molecule has 0 fully saturated rings. The van der Waals surface area contributed by atoms with Crippen LogP contribution in [0.1, 0.15) is 46.5 Å². The van der Waals surface area contributed by atoms with Crippen LogP contribution in [0.2, 0.25) is 0 Å². The van der Waals surface area contributed by atoms with Crippen molar-refractivity contribution < 1.29 is 14.1 Å². The summed E-state index contributed by atoms with van der Waals surface area (Å²) in [6, 6.07) is 13.9. The zero-order valence-electron chi connectivity index (χ0n) is 17.0. The Balaban J connectivity index is 1.35. The van der Waals surface area contributed by atoms with Crippen LogP contribution in [0, 0.1) is 13.8 Å². The molecule has 1 aromatic heterocycles. The Morgan fingerprint density at radius 1 is 1.10 bits per heavy atom. The number of aryl methyl sites for hydroxylation is 3. The Morgan fingerprint density at radius 2 is 1.90 bits per heavy atom. The molecular weight excluding hydrogens is 364 g/mol. The van der Waals surface area contributed by atoms with Crippen LogP contribution in [-0.2, 0) is 30.7 Å². The number of anilines is 1. The van der Waals surface area contributed by atoms with Crippen molar-refractivity contribution in [3.05, 3.63) is 76.2 Å². The number of fused-ring (bicyclic) bond motifs is 1. The Hall–Kier alpha value is -3.08. The first-order valence-electron chi connectivity index (χ1n) is 10.1. The maximum Gasteiger partial charge on any atom is 0.228 e. The fourth-order valence-corrected chi connectivity index (χ4v) is 3.85. The first-order chi connectivity index (χ1) is 14.1. The molecule has 1 amide bonds. The second kappa shape index (κ2) is 8.52. The highest BCUT2D eigenvalue weighted by molar-refractivity contribution is 5.93. The van der Waals surface area contributed by atoms with E-state index in [0.717, 1.165) is 46.9 Å². The molecule has 1 heterocycles. The summed E-state index contributed by atoms with van der Waals surface area (Å²) in [4.78, 5) is 12.5. The topological polar surface area (TPSA) is 64.4 Å². The lowest BCUT2D eigenvalue weighted by Gasteiger charge is -2.19. The predicted octanol–water partition coefficient (Wildman–Crippen LogP) is 4.93. The van der Waals surface area contributed by atoms with Gasteiger partial charge in [-0.25, -0.2) is 0 Å². The van der Waals surface area contributed by atoms with E-state index in [1.165, 1.54) is 24.0 Å². The summed E-state index contributed by atoms with van der Waals surface area (Å²) in [5.74, 6) is 1.54. The highest BCUT2D eigenvalue weighted by Gasteiger charge is 2.15. The van der Waals surface area contributed by atoms with E-state index in [4.69, 9.17) is 9.26 Å². The van der Waals surface area contributed by atoms with Crippen LogP contribution in [0.4, 0.5) is 5.69 Å². The van der Waals surface area contributed by atoms with E-state index in [2.05, 4.69) is 16.5 Å². The molecule has 4 rings (SSSR count). The number of carbonyl (C=O) groups excluding carboxylic acids is 1. The molecule has 0 bridgehead atoms. The number of ether oxygens (including phenoxy) is 1. The Morgan fingerprint density at radius 3 is 2.66 bits per heavy atom. The van der Waals surface area contributed by atoms with Gasteiger partial charge in [0, 0.05) is 5.69 Å². The largest absolute Gasteiger partial charge is 0.489 e. The van der Waals surface area contributed by atoms with Gasteiger partial charge in [0.2, 0.25) is 5.91 Å². The third-order valence-electron chi connectivity index (χ3n) is 5.52. The molecule has 0 saturated heterocycles. The lowest BCUT2D eigenvalue weighted by atomic mass is 9.90. The molecule has 2 aromatic carbocycles. The van der Waals surface area contributed by atoms with E-state index in [1.54, 1.807) is 0 Å². The molecule has 0 aliphatic heterocycles. The van der Waals surface area contributed by atoms with Crippen LogP contribution < -0.4 is 10.1 Å². The van der Waals surface area contributed by atoms with E-state index < -0.39 is 0 Å². The molecule has 3 aromatic rings. The zero-order valence-corrected chi connectivity index (χ0v) is 17.0. The third kappa shape index (κ3) is 4.50. The molecule has 5 nitrogen and oxygen atoms in total. The average Bonchev–Trinajstić information content (AvgIpc) is 3.05. The molecule has 1 N–H and O–H groups in total. The average molecular weight is 390 g/mol. The first-order valence-corrected chi connectivity index (χ1v) is 10.1. The molecule has 0 atom stereocenters. The van der Waals surface area contributed by atoms with Crippen LogP contribution in [0.5, 0.6) is 5.75 Å². The van der Waals surface area contributed by atoms with E-state index in [-0.39, 0.29) is 5.91 Å². The summed E-state index contributed by atoms with van der Waals surface area (Å²) < 4.78 is 11.0. The summed E-state index contributed by atoms with van der Waals surface area (Å²) in [7, 11) is 0. The van der Waals surface area contributed by atoms with Crippen LogP contribution in [0.3, 0.4) is 0 Å². The molecule has 150 valence electrons. The monoisotopic (exact) mass is 390 g/mol. The molecule has 5 heteroatoms. The van der Waals surface area contributed by atoms with E-state index in [1.807, 2.05) is 50.2 Å². The summed E-state index contributed by atoms with van der Waals surface area (Å²) in [6.07, 6.45) is 4.91. The second-order valence-corrected chi connectivity index (χ2v) is 7.61. The molecule has 1 aliphatic carbocycles. The molecule has 0 unspecified atom stereocenters. The quantitative estimate of drug-likeness (QED) is 0.648. The number of nitrogens with one attached hydrogen (secondary N) is 1. The van der Waals surface area contributed by atoms with Crippen molar-refractivity contribution in [3.63, 3.8) is 0 Å². The normalized spacial score (nSPS) is 13.0. The predicted molar refractivity (Wildman–Crippen MR) is 112 cm³/mol. The standard InChI is InChI=1S/C24H26N2O3/c1-16-22(17(2)29-26-16)15-28-20-12-10-18(11-13-20)14-24(27)25-23-9-5-7-19-6-3-4-8-21(19)23/h5,7,9-13H,3-4,6,8,14-15H2,1-2H3,(H,25,27). The van der Waals surface area contributed by atoms with Crippen LogP contribution >= 0.6 is 0 Å². The van der Waals surface area contributed by atoms with Gasteiger partial charge in [0.1, 0.15) is 18.1 Å². The number of hydrogen-bond acceptors (Lipinski definition) is 4.